The maximum atomic E-state index is 4.87. The summed E-state index contributed by atoms with van der Waals surface area (Å²) in [4.78, 5) is 14.5. The minimum Gasteiger partial charge on any atom is -0.358 e. The molecule has 0 aliphatic rings. The summed E-state index contributed by atoms with van der Waals surface area (Å²) in [7, 11) is 0. The third kappa shape index (κ3) is 15.2. The van der Waals surface area contributed by atoms with E-state index in [1.807, 2.05) is 0 Å². The topological polar surface area (TPSA) is 38.7 Å². The van der Waals surface area contributed by atoms with E-state index < -0.39 is 0 Å². The van der Waals surface area contributed by atoms with Gasteiger partial charge in [0.05, 0.1) is 22.2 Å². The first-order valence-electron chi connectivity index (χ1n) is 22.8. The van der Waals surface area contributed by atoms with Crippen LogP contribution < -0.4 is 0 Å². The Balaban J connectivity index is 0.000000259. The molecule has 9 rings (SSSR count). The first-order valence-corrected chi connectivity index (χ1v) is 22.8. The predicted molar refractivity (Wildman–Crippen MR) is 282 cm³/mol. The quantitative estimate of drug-likeness (QED) is 0.135. The minimum atomic E-state index is 0. The molecule has 0 fully saturated rings. The van der Waals surface area contributed by atoms with Gasteiger partial charge in [0.2, 0.25) is 0 Å². The van der Waals surface area contributed by atoms with Crippen molar-refractivity contribution in [3.05, 3.63) is 211 Å². The van der Waals surface area contributed by atoms with E-state index in [1.54, 1.807) is 0 Å². The molecule has 9 aromatic rings. The van der Waals surface area contributed by atoms with Gasteiger partial charge in [-0.05, 0) is 108 Å². The van der Waals surface area contributed by atoms with Crippen LogP contribution in [0.15, 0.2) is 133 Å². The van der Waals surface area contributed by atoms with Crippen LogP contribution in [0, 0.1) is 68.5 Å². The molecule has 0 spiro atoms. The van der Waals surface area contributed by atoms with Gasteiger partial charge < -0.3 is 14.9 Å². The van der Waals surface area contributed by atoms with Gasteiger partial charge in [0.1, 0.15) is 0 Å². The standard InChI is InChI=1S/C20H21N.2C20H20N.2CH3.2Ir/c3*1-4-5-16-6-7-17-8-9-19(21-20(17)13-16)18-11-14(2)10-15(3)12-18;;;;/h6-13H,4-5H2,1-3H3;2*6-11,13H,4-5H2,1-3H3;2*1H3;;/q;4*-1;;+3. The number of hydrogen-bond acceptors (Lipinski definition) is 3. The number of nitrogens with zero attached hydrogens (tertiary/aromatic N) is 3. The van der Waals surface area contributed by atoms with Crippen molar-refractivity contribution < 1.29 is 40.2 Å². The molecule has 0 amide bonds. The van der Waals surface area contributed by atoms with Gasteiger partial charge in [-0.3, -0.25) is 9.97 Å². The second-order valence-corrected chi connectivity index (χ2v) is 17.3. The van der Waals surface area contributed by atoms with Crippen LogP contribution in [0.4, 0.5) is 0 Å². The molecule has 3 heterocycles. The average molecular weight is 1240 g/mol. The number of aryl methyl sites for hydroxylation is 9. The molecule has 0 N–H and O–H groups in total. The van der Waals surface area contributed by atoms with Gasteiger partial charge in [-0.2, -0.15) is 0 Å². The number of benzene rings is 6. The molecule has 67 heavy (non-hydrogen) atoms. The molecule has 3 nitrogen and oxygen atoms in total. The summed E-state index contributed by atoms with van der Waals surface area (Å²) < 4.78 is 0. The first-order chi connectivity index (χ1) is 30.5. The van der Waals surface area contributed by atoms with Crippen LogP contribution >= 0.6 is 0 Å². The van der Waals surface area contributed by atoms with Crippen LogP contribution in [0.5, 0.6) is 0 Å². The molecule has 3 aromatic heterocycles. The summed E-state index contributed by atoms with van der Waals surface area (Å²) in [5, 5.41) is 3.61. The Morgan fingerprint density at radius 1 is 0.373 bits per heavy atom. The molecular formula is C62H67Ir2N3-. The monoisotopic (exact) mass is 1240 g/mol. The van der Waals surface area contributed by atoms with Crippen LogP contribution in [0.1, 0.15) is 90.1 Å². The summed E-state index contributed by atoms with van der Waals surface area (Å²) in [5.74, 6) is 0. The van der Waals surface area contributed by atoms with Gasteiger partial charge in [0, 0.05) is 31.1 Å². The van der Waals surface area contributed by atoms with Crippen LogP contribution in [-0.4, -0.2) is 15.0 Å². The zero-order chi connectivity index (χ0) is 44.5. The Bertz CT molecular complexity index is 2640. The third-order valence-electron chi connectivity index (χ3n) is 11.3. The second-order valence-electron chi connectivity index (χ2n) is 17.3. The average Bonchev–Trinajstić information content (AvgIpc) is 3.25. The molecule has 0 aliphatic carbocycles. The fraction of sp³-hybridized carbons (Fsp3) is 0.242. The van der Waals surface area contributed by atoms with E-state index in [-0.39, 0.29) is 55.1 Å². The number of hydrogen-bond donors (Lipinski definition) is 0. The van der Waals surface area contributed by atoms with E-state index in [2.05, 4.69) is 208 Å². The van der Waals surface area contributed by atoms with Gasteiger partial charge in [0.25, 0.3) is 0 Å². The molecule has 0 atom stereocenters. The van der Waals surface area contributed by atoms with Gasteiger partial charge in [0.15, 0.2) is 0 Å². The molecule has 349 valence electrons. The van der Waals surface area contributed by atoms with E-state index >= 15 is 0 Å². The van der Waals surface area contributed by atoms with Crippen molar-refractivity contribution in [1.82, 2.24) is 15.0 Å². The normalized spacial score (nSPS) is 10.3. The van der Waals surface area contributed by atoms with Gasteiger partial charge in [-0.25, -0.2) is 4.98 Å². The predicted octanol–water partition coefficient (Wildman–Crippen LogP) is 16.9. The number of pyridine rings is 3. The van der Waals surface area contributed by atoms with Crippen LogP contribution in [0.3, 0.4) is 0 Å². The van der Waals surface area contributed by atoms with Gasteiger partial charge in [-0.15, -0.1) is 69.8 Å². The smallest absolute Gasteiger partial charge is 0.358 e. The van der Waals surface area contributed by atoms with E-state index in [1.165, 1.54) is 67.1 Å². The van der Waals surface area contributed by atoms with E-state index in [4.69, 9.17) is 15.0 Å². The van der Waals surface area contributed by atoms with Gasteiger partial charge >= 0.3 is 20.1 Å². The van der Waals surface area contributed by atoms with Gasteiger partial charge in [-0.1, -0.05) is 152 Å². The zero-order valence-corrected chi connectivity index (χ0v) is 46.2. The molecule has 6 aromatic carbocycles. The van der Waals surface area contributed by atoms with Crippen molar-refractivity contribution in [1.29, 1.82) is 0 Å². The second kappa shape index (κ2) is 26.4. The summed E-state index contributed by atoms with van der Waals surface area (Å²) in [6.45, 7) is 19.3. The van der Waals surface area contributed by atoms with E-state index in [0.717, 1.165) is 88.0 Å². The molecule has 0 aliphatic heterocycles. The molecule has 5 heteroatoms. The third-order valence-corrected chi connectivity index (χ3v) is 11.3. The van der Waals surface area contributed by atoms with E-state index in [0.29, 0.717) is 0 Å². The maximum absolute atomic E-state index is 4.87. The fourth-order valence-electron chi connectivity index (χ4n) is 8.47. The molecule has 0 bridgehead atoms. The SMILES string of the molecule is CCCc1ccc2ccc(-c3[c-]c(C)cc(C)c3)nc2c1.CCCc1ccc2ccc(-c3[c-]c(C)cc(C)c3)nc2c1.CCCc1ccc2ccc(-c3cc(C)cc(C)c3)nc2c1.[CH3-].[CH3-].[Ir+3].[Ir]. The van der Waals surface area contributed by atoms with Crippen LogP contribution in [-0.2, 0) is 59.5 Å². The number of fused-ring (bicyclic) bond motifs is 3. The summed E-state index contributed by atoms with van der Waals surface area (Å²) >= 11 is 0. The van der Waals surface area contributed by atoms with Crippen molar-refractivity contribution in [2.75, 3.05) is 0 Å². The summed E-state index contributed by atoms with van der Waals surface area (Å²) in [5.41, 5.74) is 21.2. The first kappa shape index (κ1) is 56.2. The van der Waals surface area contributed by atoms with Crippen molar-refractivity contribution in [3.8, 4) is 33.8 Å². The minimum absolute atomic E-state index is 0. The Morgan fingerprint density at radius 3 is 1.03 bits per heavy atom. The van der Waals surface area contributed by atoms with Crippen molar-refractivity contribution in [3.63, 3.8) is 0 Å². The van der Waals surface area contributed by atoms with Crippen LogP contribution in [0.2, 0.25) is 0 Å². The Kier molecular flexibility index (Phi) is 22.1. The number of aromatic nitrogens is 3. The zero-order valence-electron chi connectivity index (χ0n) is 41.5. The Hall–Kier alpha value is -5.15. The largest absolute Gasteiger partial charge is 3.00 e. The van der Waals surface area contributed by atoms with Crippen LogP contribution in [0.25, 0.3) is 66.5 Å². The van der Waals surface area contributed by atoms with E-state index in [9.17, 15) is 0 Å². The van der Waals surface area contributed by atoms with Crippen molar-refractivity contribution in [2.45, 2.75) is 101 Å². The van der Waals surface area contributed by atoms with Crippen molar-refractivity contribution >= 4 is 32.7 Å². The summed E-state index contributed by atoms with van der Waals surface area (Å²) in [6.07, 6.45) is 6.83. The Labute approximate surface area is 430 Å². The molecule has 0 saturated heterocycles. The molecule has 0 unspecified atom stereocenters. The maximum Gasteiger partial charge on any atom is 3.00 e. The Morgan fingerprint density at radius 2 is 0.687 bits per heavy atom. The number of rotatable bonds is 9. The molecule has 0 saturated carbocycles. The molecular weight excluding hydrogens is 1170 g/mol. The fourth-order valence-corrected chi connectivity index (χ4v) is 8.47. The molecule has 1 radical (unpaired) electrons. The summed E-state index contributed by atoms with van der Waals surface area (Å²) in [6, 6.07) is 54.6. The van der Waals surface area contributed by atoms with Crippen molar-refractivity contribution in [2.24, 2.45) is 0 Å².